The number of nitriles is 1. The van der Waals surface area contributed by atoms with Crippen LogP contribution in [0.1, 0.15) is 11.4 Å². The summed E-state index contributed by atoms with van der Waals surface area (Å²) in [4.78, 5) is 3.98. The predicted octanol–water partition coefficient (Wildman–Crippen LogP) is 1.27. The molecule has 0 aliphatic heterocycles. The molecule has 0 spiro atoms. The highest BCUT2D eigenvalue weighted by molar-refractivity contribution is 5.37. The van der Waals surface area contributed by atoms with Gasteiger partial charge in [-0.05, 0) is 19.1 Å². The summed E-state index contributed by atoms with van der Waals surface area (Å²) in [5.41, 5.74) is 1.16. The Morgan fingerprint density at radius 2 is 2.27 bits per heavy atom. The number of aromatic nitrogens is 1. The van der Waals surface area contributed by atoms with E-state index in [1.54, 1.807) is 12.1 Å². The van der Waals surface area contributed by atoms with E-state index in [0.29, 0.717) is 11.4 Å². The summed E-state index contributed by atoms with van der Waals surface area (Å²) >= 11 is 0. The van der Waals surface area contributed by atoms with Crippen LogP contribution in [0.4, 0.5) is 0 Å². The Morgan fingerprint density at radius 3 is 2.82 bits per heavy atom. The maximum atomic E-state index is 8.58. The molecule has 0 aliphatic carbocycles. The Hall–Kier alpha value is -1.56. The summed E-state index contributed by atoms with van der Waals surface area (Å²) < 4.78 is 4.91. The lowest BCUT2D eigenvalue weighted by atomic mass is 10.3. The van der Waals surface area contributed by atoms with Crippen LogP contribution in [-0.2, 0) is 0 Å². The first-order valence-corrected chi connectivity index (χ1v) is 3.19. The molecule has 1 aromatic heterocycles. The quantitative estimate of drug-likeness (QED) is 0.602. The summed E-state index contributed by atoms with van der Waals surface area (Å²) in [6, 6.07) is 5.49. The largest absolute Gasteiger partial charge is 0.494 e. The minimum absolute atomic E-state index is 0.340. The van der Waals surface area contributed by atoms with Crippen molar-refractivity contribution < 1.29 is 4.74 Å². The van der Waals surface area contributed by atoms with Gasteiger partial charge in [0.2, 0.25) is 0 Å². The van der Waals surface area contributed by atoms with Crippen molar-refractivity contribution in [2.45, 2.75) is 6.92 Å². The van der Waals surface area contributed by atoms with Gasteiger partial charge in [0, 0.05) is 5.69 Å². The molecular weight excluding hydrogens is 140 g/mol. The second-order valence-corrected chi connectivity index (χ2v) is 2.12. The first-order chi connectivity index (χ1) is 5.27. The van der Waals surface area contributed by atoms with E-state index in [4.69, 9.17) is 10.00 Å². The molecule has 11 heavy (non-hydrogen) atoms. The molecule has 0 saturated heterocycles. The Morgan fingerprint density at radius 1 is 1.55 bits per heavy atom. The van der Waals surface area contributed by atoms with Gasteiger partial charge in [0.1, 0.15) is 6.07 Å². The van der Waals surface area contributed by atoms with Crippen LogP contribution < -0.4 is 4.74 Å². The van der Waals surface area contributed by atoms with Gasteiger partial charge >= 0.3 is 0 Å². The van der Waals surface area contributed by atoms with Crippen LogP contribution in [0.25, 0.3) is 0 Å². The lowest BCUT2D eigenvalue weighted by Gasteiger charge is -2.00. The SMILES string of the molecule is COc1ccc(C)nc1C#N. The van der Waals surface area contributed by atoms with Crippen LogP contribution in [0.3, 0.4) is 0 Å². The Balaban J connectivity index is 3.19. The summed E-state index contributed by atoms with van der Waals surface area (Å²) in [6.45, 7) is 1.83. The molecule has 1 aromatic rings. The van der Waals surface area contributed by atoms with Crippen LogP contribution in [0, 0.1) is 18.3 Å². The van der Waals surface area contributed by atoms with Crippen molar-refractivity contribution in [3.05, 3.63) is 23.5 Å². The topological polar surface area (TPSA) is 45.9 Å². The smallest absolute Gasteiger partial charge is 0.182 e. The van der Waals surface area contributed by atoms with Gasteiger partial charge in [0.15, 0.2) is 11.4 Å². The number of ether oxygens (including phenoxy) is 1. The number of rotatable bonds is 1. The zero-order valence-corrected chi connectivity index (χ0v) is 6.46. The van der Waals surface area contributed by atoms with Crippen molar-refractivity contribution >= 4 is 0 Å². The van der Waals surface area contributed by atoms with Crippen molar-refractivity contribution in [2.24, 2.45) is 0 Å². The molecular formula is C8H8N2O. The summed E-state index contributed by atoms with van der Waals surface area (Å²) in [7, 11) is 1.52. The summed E-state index contributed by atoms with van der Waals surface area (Å²) in [6.07, 6.45) is 0. The van der Waals surface area contributed by atoms with E-state index in [-0.39, 0.29) is 0 Å². The highest BCUT2D eigenvalue weighted by Crippen LogP contribution is 2.14. The fraction of sp³-hybridized carbons (Fsp3) is 0.250. The molecule has 3 heteroatoms. The standard InChI is InChI=1S/C8H8N2O/c1-6-3-4-8(11-2)7(5-9)10-6/h3-4H,1-2H3. The second-order valence-electron chi connectivity index (χ2n) is 2.12. The third-order valence-electron chi connectivity index (χ3n) is 1.32. The maximum Gasteiger partial charge on any atom is 0.182 e. The Kier molecular flexibility index (Phi) is 2.07. The third-order valence-corrected chi connectivity index (χ3v) is 1.32. The molecule has 3 nitrogen and oxygen atoms in total. The van der Waals surface area contributed by atoms with E-state index in [1.165, 1.54) is 7.11 Å². The van der Waals surface area contributed by atoms with Crippen molar-refractivity contribution in [1.29, 1.82) is 5.26 Å². The number of pyridine rings is 1. The molecule has 0 aliphatic rings. The second kappa shape index (κ2) is 3.02. The van der Waals surface area contributed by atoms with Crippen molar-refractivity contribution in [1.82, 2.24) is 4.98 Å². The van der Waals surface area contributed by atoms with Gasteiger partial charge in [-0.1, -0.05) is 0 Å². The van der Waals surface area contributed by atoms with E-state index in [9.17, 15) is 0 Å². The summed E-state index contributed by atoms with van der Waals surface area (Å²) in [5.74, 6) is 0.526. The fourth-order valence-corrected chi connectivity index (χ4v) is 0.789. The van der Waals surface area contributed by atoms with Gasteiger partial charge in [-0.15, -0.1) is 0 Å². The van der Waals surface area contributed by atoms with Gasteiger partial charge < -0.3 is 4.74 Å². The molecule has 0 N–H and O–H groups in total. The minimum atomic E-state index is 0.340. The van der Waals surface area contributed by atoms with Gasteiger partial charge in [0.25, 0.3) is 0 Å². The van der Waals surface area contributed by atoms with E-state index in [2.05, 4.69) is 4.98 Å². The average Bonchev–Trinajstić information content (AvgIpc) is 2.04. The first kappa shape index (κ1) is 7.55. The highest BCUT2D eigenvalue weighted by atomic mass is 16.5. The molecule has 0 unspecified atom stereocenters. The summed E-state index contributed by atoms with van der Waals surface area (Å²) in [5, 5.41) is 8.58. The molecule has 0 bridgehead atoms. The normalized spacial score (nSPS) is 8.82. The molecule has 0 radical (unpaired) electrons. The van der Waals surface area contributed by atoms with Gasteiger partial charge in [-0.3, -0.25) is 0 Å². The molecule has 56 valence electrons. The van der Waals surface area contributed by atoms with E-state index in [0.717, 1.165) is 5.69 Å². The van der Waals surface area contributed by atoms with E-state index in [1.807, 2.05) is 13.0 Å². The lowest BCUT2D eigenvalue weighted by molar-refractivity contribution is 0.411. The third kappa shape index (κ3) is 1.47. The first-order valence-electron chi connectivity index (χ1n) is 3.19. The van der Waals surface area contributed by atoms with Crippen LogP contribution in [0.15, 0.2) is 12.1 Å². The highest BCUT2D eigenvalue weighted by Gasteiger charge is 2.01. The average molecular weight is 148 g/mol. The number of hydrogen-bond donors (Lipinski definition) is 0. The molecule has 0 fully saturated rings. The van der Waals surface area contributed by atoms with Crippen molar-refractivity contribution in [3.63, 3.8) is 0 Å². The monoisotopic (exact) mass is 148 g/mol. The Bertz CT molecular complexity index is 301. The number of hydrogen-bond acceptors (Lipinski definition) is 3. The molecule has 0 amide bonds. The number of nitrogens with zero attached hydrogens (tertiary/aromatic N) is 2. The van der Waals surface area contributed by atoms with Crippen molar-refractivity contribution in [2.75, 3.05) is 7.11 Å². The Labute approximate surface area is 65.3 Å². The van der Waals surface area contributed by atoms with Crippen LogP contribution in [0.5, 0.6) is 5.75 Å². The van der Waals surface area contributed by atoms with Gasteiger partial charge in [-0.2, -0.15) is 5.26 Å². The predicted molar refractivity (Wildman–Crippen MR) is 40.2 cm³/mol. The van der Waals surface area contributed by atoms with Gasteiger partial charge in [-0.25, -0.2) is 4.98 Å². The molecule has 0 saturated carbocycles. The van der Waals surface area contributed by atoms with Crippen LogP contribution in [-0.4, -0.2) is 12.1 Å². The molecule has 1 heterocycles. The fourth-order valence-electron chi connectivity index (χ4n) is 0.789. The maximum absolute atomic E-state index is 8.58. The zero-order valence-electron chi connectivity index (χ0n) is 6.46. The molecule has 0 atom stereocenters. The zero-order chi connectivity index (χ0) is 8.27. The molecule has 0 aromatic carbocycles. The number of methoxy groups -OCH3 is 1. The molecule has 1 rings (SSSR count). The van der Waals surface area contributed by atoms with Crippen LogP contribution >= 0.6 is 0 Å². The van der Waals surface area contributed by atoms with Crippen molar-refractivity contribution in [3.8, 4) is 11.8 Å². The van der Waals surface area contributed by atoms with Crippen LogP contribution in [0.2, 0.25) is 0 Å². The van der Waals surface area contributed by atoms with Gasteiger partial charge in [0.05, 0.1) is 7.11 Å². The van der Waals surface area contributed by atoms with E-state index >= 15 is 0 Å². The minimum Gasteiger partial charge on any atom is -0.494 e. The lowest BCUT2D eigenvalue weighted by Crippen LogP contribution is -1.92. The van der Waals surface area contributed by atoms with E-state index < -0.39 is 0 Å². The number of aryl methyl sites for hydroxylation is 1.